The normalized spacial score (nSPS) is 18.3. The first-order valence-electron chi connectivity index (χ1n) is 9.92. The molecule has 3 rings (SSSR count). The average Bonchev–Trinajstić information content (AvgIpc) is 2.76. The largest absolute Gasteiger partial charge is 0.497 e. The molecule has 160 valence electrons. The Bertz CT molecular complexity index is 937. The van der Waals surface area contributed by atoms with E-state index in [2.05, 4.69) is 24.1 Å². The Hall–Kier alpha value is -3.13. The van der Waals surface area contributed by atoms with E-state index < -0.39 is 24.0 Å². The van der Waals surface area contributed by atoms with Gasteiger partial charge < -0.3 is 19.5 Å². The van der Waals surface area contributed by atoms with Gasteiger partial charge in [0.25, 0.3) is 0 Å². The summed E-state index contributed by atoms with van der Waals surface area (Å²) < 4.78 is 17.8. The number of esters is 1. The van der Waals surface area contributed by atoms with Crippen LogP contribution in [0.2, 0.25) is 0 Å². The summed E-state index contributed by atoms with van der Waals surface area (Å²) in [6.45, 7) is 4.95. The summed E-state index contributed by atoms with van der Waals surface area (Å²) in [6, 6.07) is 8.43. The van der Waals surface area contributed by atoms with E-state index in [9.17, 15) is 9.59 Å². The summed E-state index contributed by atoms with van der Waals surface area (Å²) in [4.78, 5) is 28.7. The number of hydrogen-bond acceptors (Lipinski definition) is 7. The highest BCUT2D eigenvalue weighted by atomic mass is 16.6. The van der Waals surface area contributed by atoms with Crippen LogP contribution in [0.25, 0.3) is 0 Å². The molecule has 2 heterocycles. The summed E-state index contributed by atoms with van der Waals surface area (Å²) >= 11 is 0. The SMILES string of the molecule is COc1ccc(C(=O)OC[C@@H]2C=CC[C@@H](n3ccc(NCC(C)C)nc3=O)O2)cc1. The van der Waals surface area contributed by atoms with E-state index in [-0.39, 0.29) is 6.61 Å². The lowest BCUT2D eigenvalue weighted by atomic mass is 10.2. The lowest BCUT2D eigenvalue weighted by Crippen LogP contribution is -2.34. The Morgan fingerprint density at radius 1 is 1.30 bits per heavy atom. The number of benzene rings is 1. The molecule has 8 heteroatoms. The molecule has 0 aliphatic carbocycles. The fourth-order valence-electron chi connectivity index (χ4n) is 2.93. The third-order valence-corrected chi connectivity index (χ3v) is 4.56. The first-order chi connectivity index (χ1) is 14.5. The molecule has 0 radical (unpaired) electrons. The van der Waals surface area contributed by atoms with Crippen molar-refractivity contribution in [3.8, 4) is 5.75 Å². The Balaban J connectivity index is 1.57. The van der Waals surface area contributed by atoms with Gasteiger partial charge in [0.05, 0.1) is 12.7 Å². The molecule has 0 bridgehead atoms. The molecule has 8 nitrogen and oxygen atoms in total. The molecule has 2 aromatic rings. The summed E-state index contributed by atoms with van der Waals surface area (Å²) in [6.07, 6.45) is 4.99. The molecule has 1 aromatic carbocycles. The number of aromatic nitrogens is 2. The number of nitrogens with zero attached hydrogens (tertiary/aromatic N) is 2. The predicted molar refractivity (Wildman–Crippen MR) is 113 cm³/mol. The van der Waals surface area contributed by atoms with Crippen molar-refractivity contribution >= 4 is 11.8 Å². The Morgan fingerprint density at radius 2 is 2.07 bits per heavy atom. The van der Waals surface area contributed by atoms with Crippen LogP contribution in [0, 0.1) is 5.92 Å². The molecule has 1 aliphatic heterocycles. The van der Waals surface area contributed by atoms with Crippen LogP contribution in [0.5, 0.6) is 5.75 Å². The van der Waals surface area contributed by atoms with Crippen molar-refractivity contribution in [1.82, 2.24) is 9.55 Å². The Kier molecular flexibility index (Phi) is 7.24. The van der Waals surface area contributed by atoms with Crippen molar-refractivity contribution in [3.63, 3.8) is 0 Å². The van der Waals surface area contributed by atoms with Gasteiger partial charge >= 0.3 is 11.7 Å². The van der Waals surface area contributed by atoms with Crippen molar-refractivity contribution in [1.29, 1.82) is 0 Å². The maximum Gasteiger partial charge on any atom is 0.351 e. The number of hydrogen-bond donors (Lipinski definition) is 1. The molecule has 0 saturated carbocycles. The summed E-state index contributed by atoms with van der Waals surface area (Å²) in [5.41, 5.74) is 0.0371. The third kappa shape index (κ3) is 5.70. The summed E-state index contributed by atoms with van der Waals surface area (Å²) in [5.74, 6) is 1.21. The van der Waals surface area contributed by atoms with E-state index in [4.69, 9.17) is 14.2 Å². The second-order valence-corrected chi connectivity index (χ2v) is 7.40. The number of carbonyl (C=O) groups excluding carboxylic acids is 1. The fourth-order valence-corrected chi connectivity index (χ4v) is 2.93. The van der Waals surface area contributed by atoms with Crippen LogP contribution in [0.15, 0.2) is 53.5 Å². The van der Waals surface area contributed by atoms with E-state index in [1.165, 1.54) is 4.57 Å². The number of rotatable bonds is 8. The average molecular weight is 413 g/mol. The van der Waals surface area contributed by atoms with Crippen molar-refractivity contribution < 1.29 is 19.0 Å². The zero-order valence-electron chi connectivity index (χ0n) is 17.4. The van der Waals surface area contributed by atoms with E-state index >= 15 is 0 Å². The maximum atomic E-state index is 12.4. The molecule has 0 fully saturated rings. The Morgan fingerprint density at radius 3 is 2.73 bits per heavy atom. The standard InChI is InChI=1S/C22H27N3O5/c1-15(2)13-23-19-11-12-25(22(27)24-19)20-6-4-5-18(30-20)14-29-21(26)16-7-9-17(28-3)10-8-16/h4-5,7-12,15,18,20H,6,13-14H2,1-3H3,(H,23,24,27)/t18-,20-/m0/s1. The Labute approximate surface area is 175 Å². The molecule has 1 aromatic heterocycles. The highest BCUT2D eigenvalue weighted by Gasteiger charge is 2.22. The topological polar surface area (TPSA) is 91.7 Å². The van der Waals surface area contributed by atoms with E-state index in [1.807, 2.05) is 12.2 Å². The fraction of sp³-hybridized carbons (Fsp3) is 0.409. The van der Waals surface area contributed by atoms with Crippen molar-refractivity contribution in [2.45, 2.75) is 32.6 Å². The zero-order valence-corrected chi connectivity index (χ0v) is 17.4. The van der Waals surface area contributed by atoms with Crippen LogP contribution in [-0.4, -0.2) is 41.9 Å². The van der Waals surface area contributed by atoms with Gasteiger partial charge in [-0.2, -0.15) is 4.98 Å². The molecule has 1 aliphatic rings. The van der Waals surface area contributed by atoms with E-state index in [0.29, 0.717) is 29.5 Å². The van der Waals surface area contributed by atoms with Gasteiger partial charge in [0.15, 0.2) is 0 Å². The van der Waals surface area contributed by atoms with Crippen molar-refractivity contribution in [3.05, 3.63) is 64.7 Å². The van der Waals surface area contributed by atoms with Crippen molar-refractivity contribution in [2.24, 2.45) is 5.92 Å². The smallest absolute Gasteiger partial charge is 0.351 e. The highest BCUT2D eigenvalue weighted by molar-refractivity contribution is 5.89. The van der Waals surface area contributed by atoms with Crippen molar-refractivity contribution in [2.75, 3.05) is 25.6 Å². The number of nitrogens with one attached hydrogen (secondary N) is 1. The van der Waals surface area contributed by atoms with E-state index in [0.717, 1.165) is 6.54 Å². The number of ether oxygens (including phenoxy) is 3. The second kappa shape index (κ2) is 10.1. The molecule has 0 unspecified atom stereocenters. The van der Waals surface area contributed by atoms with Crippen LogP contribution in [0.3, 0.4) is 0 Å². The first-order valence-corrected chi connectivity index (χ1v) is 9.92. The minimum Gasteiger partial charge on any atom is -0.497 e. The predicted octanol–water partition coefficient (Wildman–Crippen LogP) is 3.02. The van der Waals surface area contributed by atoms with Crippen LogP contribution in [-0.2, 0) is 9.47 Å². The lowest BCUT2D eigenvalue weighted by Gasteiger charge is -2.27. The van der Waals surface area contributed by atoms with Gasteiger partial charge in [-0.15, -0.1) is 0 Å². The van der Waals surface area contributed by atoms with Gasteiger partial charge in [-0.05, 0) is 36.2 Å². The molecular formula is C22H27N3O5. The van der Waals surface area contributed by atoms with E-state index in [1.54, 1.807) is 43.6 Å². The van der Waals surface area contributed by atoms with Gasteiger partial charge in [0.2, 0.25) is 0 Å². The molecule has 0 saturated heterocycles. The maximum absolute atomic E-state index is 12.4. The zero-order chi connectivity index (χ0) is 21.5. The van der Waals surface area contributed by atoms with Crippen LogP contribution >= 0.6 is 0 Å². The molecule has 1 N–H and O–H groups in total. The first kappa shape index (κ1) is 21.6. The lowest BCUT2D eigenvalue weighted by molar-refractivity contribution is -0.0655. The van der Waals surface area contributed by atoms with Crippen LogP contribution in [0.4, 0.5) is 5.82 Å². The van der Waals surface area contributed by atoms with Crippen LogP contribution < -0.4 is 15.7 Å². The van der Waals surface area contributed by atoms with Gasteiger partial charge in [0.1, 0.15) is 30.5 Å². The molecule has 2 atom stereocenters. The number of anilines is 1. The molecule has 30 heavy (non-hydrogen) atoms. The second-order valence-electron chi connectivity index (χ2n) is 7.40. The quantitative estimate of drug-likeness (QED) is 0.525. The molecule has 0 spiro atoms. The van der Waals surface area contributed by atoms with Gasteiger partial charge in [-0.1, -0.05) is 26.0 Å². The van der Waals surface area contributed by atoms with Crippen LogP contribution in [0.1, 0.15) is 36.9 Å². The third-order valence-electron chi connectivity index (χ3n) is 4.56. The minimum atomic E-state index is -0.501. The summed E-state index contributed by atoms with van der Waals surface area (Å²) in [5, 5.41) is 3.13. The minimum absolute atomic E-state index is 0.0497. The van der Waals surface area contributed by atoms with Gasteiger partial charge in [-0.25, -0.2) is 9.59 Å². The van der Waals surface area contributed by atoms with Gasteiger partial charge in [0, 0.05) is 19.2 Å². The number of carbonyl (C=O) groups is 1. The summed E-state index contributed by atoms with van der Waals surface area (Å²) in [7, 11) is 1.56. The molecule has 0 amide bonds. The monoisotopic (exact) mass is 413 g/mol. The van der Waals surface area contributed by atoms with Gasteiger partial charge in [-0.3, -0.25) is 4.57 Å². The highest BCUT2D eigenvalue weighted by Crippen LogP contribution is 2.21. The molecular weight excluding hydrogens is 386 g/mol. The number of methoxy groups -OCH3 is 1.